The second-order valence-electron chi connectivity index (χ2n) is 6.57. The lowest BCUT2D eigenvalue weighted by Crippen LogP contribution is -2.51. The lowest BCUT2D eigenvalue weighted by Gasteiger charge is -2.40. The van der Waals surface area contributed by atoms with Crippen molar-refractivity contribution in [1.29, 1.82) is 0 Å². The van der Waals surface area contributed by atoms with Crippen LogP contribution in [0.15, 0.2) is 0 Å². The minimum absolute atomic E-state index is 0.443. The molecule has 92 valence electrons. The van der Waals surface area contributed by atoms with E-state index >= 15 is 0 Å². The molecule has 3 aliphatic rings. The number of hydrogen-bond donors (Lipinski definition) is 1. The third kappa shape index (κ3) is 2.60. The summed E-state index contributed by atoms with van der Waals surface area (Å²) < 4.78 is 0. The van der Waals surface area contributed by atoms with E-state index in [0.717, 1.165) is 30.3 Å². The van der Waals surface area contributed by atoms with Crippen molar-refractivity contribution in [2.75, 3.05) is 13.1 Å². The number of nitrogens with zero attached hydrogens (tertiary/aromatic N) is 1. The highest BCUT2D eigenvalue weighted by Gasteiger charge is 2.37. The van der Waals surface area contributed by atoms with Crippen LogP contribution in [0.1, 0.15) is 45.4 Å². The Morgan fingerprint density at radius 2 is 1.88 bits per heavy atom. The van der Waals surface area contributed by atoms with Crippen LogP contribution in [0.2, 0.25) is 0 Å². The molecule has 2 nitrogen and oxygen atoms in total. The Labute approximate surface area is 99.6 Å². The van der Waals surface area contributed by atoms with E-state index in [0.29, 0.717) is 6.04 Å². The first-order chi connectivity index (χ1) is 7.72. The van der Waals surface area contributed by atoms with Gasteiger partial charge in [-0.2, -0.15) is 0 Å². The van der Waals surface area contributed by atoms with Crippen molar-refractivity contribution in [2.45, 2.75) is 57.5 Å². The van der Waals surface area contributed by atoms with Crippen molar-refractivity contribution in [2.24, 2.45) is 23.5 Å². The molecule has 16 heavy (non-hydrogen) atoms. The lowest BCUT2D eigenvalue weighted by atomic mass is 9.89. The standard InChI is InChI=1S/C14H26N2/c1-10(13-4-5-13)16-8-12(6-11-2-3-11)7-14(15)9-16/h10-14H,2-9,15H2,1H3. The van der Waals surface area contributed by atoms with Crippen molar-refractivity contribution in [3.63, 3.8) is 0 Å². The monoisotopic (exact) mass is 222 g/mol. The molecule has 1 heterocycles. The average molecular weight is 222 g/mol. The summed E-state index contributed by atoms with van der Waals surface area (Å²) in [6.07, 6.45) is 8.64. The van der Waals surface area contributed by atoms with Crippen molar-refractivity contribution in [3.8, 4) is 0 Å². The first-order valence-corrected chi connectivity index (χ1v) is 7.22. The van der Waals surface area contributed by atoms with Gasteiger partial charge in [0.1, 0.15) is 0 Å². The smallest absolute Gasteiger partial charge is 0.0171 e. The van der Waals surface area contributed by atoms with E-state index < -0.39 is 0 Å². The van der Waals surface area contributed by atoms with E-state index in [2.05, 4.69) is 11.8 Å². The van der Waals surface area contributed by atoms with Crippen LogP contribution < -0.4 is 5.73 Å². The predicted octanol–water partition coefficient (Wildman–Crippen LogP) is 2.23. The molecule has 2 aliphatic carbocycles. The molecule has 0 aromatic rings. The summed E-state index contributed by atoms with van der Waals surface area (Å²) >= 11 is 0. The van der Waals surface area contributed by atoms with Gasteiger partial charge in [0, 0.05) is 25.2 Å². The maximum absolute atomic E-state index is 6.23. The van der Waals surface area contributed by atoms with Gasteiger partial charge in [0.15, 0.2) is 0 Å². The van der Waals surface area contributed by atoms with Crippen molar-refractivity contribution in [1.82, 2.24) is 4.90 Å². The second-order valence-corrected chi connectivity index (χ2v) is 6.57. The summed E-state index contributed by atoms with van der Waals surface area (Å²) in [6, 6.07) is 1.24. The minimum Gasteiger partial charge on any atom is -0.327 e. The molecular weight excluding hydrogens is 196 g/mol. The van der Waals surface area contributed by atoms with Crippen LogP contribution in [0.5, 0.6) is 0 Å². The number of rotatable bonds is 4. The molecule has 0 spiro atoms. The highest BCUT2D eigenvalue weighted by molar-refractivity contribution is 4.92. The summed E-state index contributed by atoms with van der Waals surface area (Å²) in [4.78, 5) is 2.69. The van der Waals surface area contributed by atoms with Gasteiger partial charge in [-0.3, -0.25) is 4.90 Å². The van der Waals surface area contributed by atoms with E-state index in [1.807, 2.05) is 0 Å². The van der Waals surface area contributed by atoms with Gasteiger partial charge < -0.3 is 5.73 Å². The summed E-state index contributed by atoms with van der Waals surface area (Å²) in [5, 5.41) is 0. The third-order valence-electron chi connectivity index (χ3n) is 4.84. The maximum atomic E-state index is 6.23. The van der Waals surface area contributed by atoms with E-state index in [9.17, 15) is 0 Å². The van der Waals surface area contributed by atoms with Gasteiger partial charge in [0.05, 0.1) is 0 Å². The molecule has 0 bridgehead atoms. The Hall–Kier alpha value is -0.0800. The fourth-order valence-electron chi connectivity index (χ4n) is 3.49. The molecule has 0 radical (unpaired) electrons. The Balaban J connectivity index is 1.55. The van der Waals surface area contributed by atoms with Crippen molar-refractivity contribution in [3.05, 3.63) is 0 Å². The van der Waals surface area contributed by atoms with Gasteiger partial charge in [0.2, 0.25) is 0 Å². The molecule has 0 aromatic heterocycles. The van der Waals surface area contributed by atoms with Crippen molar-refractivity contribution < 1.29 is 0 Å². The SMILES string of the molecule is CC(C1CC1)N1CC(N)CC(CC2CC2)C1. The molecule has 3 fully saturated rings. The largest absolute Gasteiger partial charge is 0.327 e. The normalized spacial score (nSPS) is 38.6. The zero-order chi connectivity index (χ0) is 11.1. The molecule has 0 amide bonds. The Bertz CT molecular complexity index is 243. The van der Waals surface area contributed by atoms with E-state index in [4.69, 9.17) is 5.73 Å². The Kier molecular flexibility index (Phi) is 2.97. The molecule has 3 rings (SSSR count). The van der Waals surface area contributed by atoms with Crippen LogP contribution in [-0.4, -0.2) is 30.1 Å². The summed E-state index contributed by atoms with van der Waals surface area (Å²) in [5.74, 6) is 2.96. The van der Waals surface area contributed by atoms with Gasteiger partial charge in [-0.05, 0) is 50.4 Å². The fourth-order valence-corrected chi connectivity index (χ4v) is 3.49. The molecule has 1 saturated heterocycles. The first kappa shape index (κ1) is 11.0. The molecule has 3 atom stereocenters. The van der Waals surface area contributed by atoms with Crippen LogP contribution in [0.25, 0.3) is 0 Å². The zero-order valence-electron chi connectivity index (χ0n) is 10.6. The minimum atomic E-state index is 0.443. The quantitative estimate of drug-likeness (QED) is 0.790. The maximum Gasteiger partial charge on any atom is 0.0171 e. The lowest BCUT2D eigenvalue weighted by molar-refractivity contribution is 0.0996. The zero-order valence-corrected chi connectivity index (χ0v) is 10.6. The van der Waals surface area contributed by atoms with Gasteiger partial charge in [-0.25, -0.2) is 0 Å². The van der Waals surface area contributed by atoms with Crippen LogP contribution in [-0.2, 0) is 0 Å². The van der Waals surface area contributed by atoms with Crippen LogP contribution in [0, 0.1) is 17.8 Å². The van der Waals surface area contributed by atoms with Crippen LogP contribution in [0.4, 0.5) is 0 Å². The molecule has 1 aliphatic heterocycles. The van der Waals surface area contributed by atoms with Crippen molar-refractivity contribution >= 4 is 0 Å². The van der Waals surface area contributed by atoms with Gasteiger partial charge in [-0.1, -0.05) is 12.8 Å². The molecule has 2 N–H and O–H groups in total. The molecular formula is C14H26N2. The first-order valence-electron chi connectivity index (χ1n) is 7.22. The average Bonchev–Trinajstić information content (AvgIpc) is 3.09. The highest BCUT2D eigenvalue weighted by atomic mass is 15.2. The molecule has 2 saturated carbocycles. The van der Waals surface area contributed by atoms with E-state index in [1.165, 1.54) is 45.1 Å². The molecule has 3 unspecified atom stereocenters. The van der Waals surface area contributed by atoms with E-state index in [-0.39, 0.29) is 0 Å². The Morgan fingerprint density at radius 3 is 2.50 bits per heavy atom. The predicted molar refractivity (Wildman–Crippen MR) is 67.2 cm³/mol. The summed E-state index contributed by atoms with van der Waals surface area (Å²) in [7, 11) is 0. The van der Waals surface area contributed by atoms with E-state index in [1.54, 1.807) is 0 Å². The Morgan fingerprint density at radius 1 is 1.12 bits per heavy atom. The van der Waals surface area contributed by atoms with Crippen LogP contribution in [0.3, 0.4) is 0 Å². The van der Waals surface area contributed by atoms with Gasteiger partial charge in [-0.15, -0.1) is 0 Å². The van der Waals surface area contributed by atoms with Crippen LogP contribution >= 0.6 is 0 Å². The third-order valence-corrected chi connectivity index (χ3v) is 4.84. The van der Waals surface area contributed by atoms with Gasteiger partial charge in [0.25, 0.3) is 0 Å². The fraction of sp³-hybridized carbons (Fsp3) is 1.00. The molecule has 2 heteroatoms. The summed E-state index contributed by atoms with van der Waals surface area (Å²) in [6.45, 7) is 4.91. The highest BCUT2D eigenvalue weighted by Crippen LogP contribution is 2.40. The number of piperidine rings is 1. The topological polar surface area (TPSA) is 29.3 Å². The number of nitrogens with two attached hydrogens (primary N) is 1. The number of likely N-dealkylation sites (tertiary alicyclic amines) is 1. The number of hydrogen-bond acceptors (Lipinski definition) is 2. The van der Waals surface area contributed by atoms with Gasteiger partial charge >= 0.3 is 0 Å². The molecule has 0 aromatic carbocycles. The summed E-state index contributed by atoms with van der Waals surface area (Å²) in [5.41, 5.74) is 6.23. The second kappa shape index (κ2) is 4.30.